The molecule has 0 radical (unpaired) electrons. The van der Waals surface area contributed by atoms with E-state index in [1.165, 1.54) is 5.56 Å². The van der Waals surface area contributed by atoms with E-state index in [0.717, 1.165) is 54.3 Å². The number of fused-ring (bicyclic) bond motifs is 1. The quantitative estimate of drug-likeness (QED) is 0.593. The second-order valence-corrected chi connectivity index (χ2v) is 11.5. The van der Waals surface area contributed by atoms with Crippen molar-refractivity contribution in [3.8, 4) is 0 Å². The van der Waals surface area contributed by atoms with Crippen molar-refractivity contribution >= 4 is 29.8 Å². The lowest BCUT2D eigenvalue weighted by molar-refractivity contribution is -0.139. The van der Waals surface area contributed by atoms with Gasteiger partial charge in [-0.05, 0) is 49.3 Å². The molecular formula is C31H35N3O5. The van der Waals surface area contributed by atoms with E-state index in [0.29, 0.717) is 51.7 Å². The number of hydrogen-bond donors (Lipinski definition) is 0. The minimum Gasteiger partial charge on any atom is -0.465 e. The van der Waals surface area contributed by atoms with Gasteiger partial charge in [-0.25, -0.2) is 0 Å². The Morgan fingerprint density at radius 2 is 1.92 bits per heavy atom. The molecule has 8 heteroatoms. The van der Waals surface area contributed by atoms with Crippen molar-refractivity contribution in [1.82, 2.24) is 9.80 Å². The molecule has 1 spiro atoms. The van der Waals surface area contributed by atoms with Crippen molar-refractivity contribution in [2.24, 2.45) is 10.9 Å². The number of carbonyl (C=O) groups excluding carboxylic acids is 2. The molecule has 3 atom stereocenters. The van der Waals surface area contributed by atoms with Crippen molar-refractivity contribution in [2.45, 2.75) is 56.1 Å². The van der Waals surface area contributed by atoms with E-state index in [1.807, 2.05) is 15.9 Å². The normalized spacial score (nSPS) is 27.8. The predicted octanol–water partition coefficient (Wildman–Crippen LogP) is 2.19. The van der Waals surface area contributed by atoms with Crippen molar-refractivity contribution < 1.29 is 23.5 Å². The van der Waals surface area contributed by atoms with Gasteiger partial charge >= 0.3 is 0 Å². The number of amides is 2. The monoisotopic (exact) mass is 529 g/mol. The summed E-state index contributed by atoms with van der Waals surface area (Å²) in [5.74, 6) is 1.45. The Bertz CT molecular complexity index is 1400. The molecule has 39 heavy (non-hydrogen) atoms. The molecule has 5 heterocycles. The molecule has 8 nitrogen and oxygen atoms in total. The van der Waals surface area contributed by atoms with Crippen LogP contribution in [0.4, 0.5) is 0 Å². The van der Waals surface area contributed by atoms with E-state index in [9.17, 15) is 9.59 Å². The zero-order chi connectivity index (χ0) is 26.4. The molecule has 2 aromatic rings. The van der Waals surface area contributed by atoms with Gasteiger partial charge in [0, 0.05) is 69.0 Å². The molecule has 0 N–H and O–H groups in total. The number of furan rings is 1. The fourth-order valence-electron chi connectivity index (χ4n) is 6.76. The third kappa shape index (κ3) is 4.53. The van der Waals surface area contributed by atoms with Crippen LogP contribution in [-0.4, -0.2) is 78.5 Å². The summed E-state index contributed by atoms with van der Waals surface area (Å²) in [6.07, 6.45) is 10.6. The molecule has 5 aliphatic rings. The van der Waals surface area contributed by atoms with Gasteiger partial charge in [-0.2, -0.15) is 0 Å². The van der Waals surface area contributed by atoms with Crippen LogP contribution < -0.4 is 10.6 Å². The highest BCUT2D eigenvalue weighted by Gasteiger charge is 2.50. The zero-order valence-electron chi connectivity index (χ0n) is 22.2. The second-order valence-electron chi connectivity index (χ2n) is 11.5. The van der Waals surface area contributed by atoms with Crippen LogP contribution in [0.3, 0.4) is 0 Å². The van der Waals surface area contributed by atoms with Gasteiger partial charge in [0.1, 0.15) is 22.9 Å². The minimum atomic E-state index is -0.734. The maximum atomic E-state index is 13.9. The number of likely N-dealkylation sites (tertiary alicyclic amines) is 1. The van der Waals surface area contributed by atoms with Gasteiger partial charge in [-0.1, -0.05) is 30.3 Å². The first kappa shape index (κ1) is 24.8. The van der Waals surface area contributed by atoms with Crippen molar-refractivity contribution in [1.29, 1.82) is 0 Å². The van der Waals surface area contributed by atoms with E-state index < -0.39 is 5.54 Å². The van der Waals surface area contributed by atoms with Gasteiger partial charge < -0.3 is 18.8 Å². The predicted molar refractivity (Wildman–Crippen MR) is 145 cm³/mol. The highest BCUT2D eigenvalue weighted by Crippen LogP contribution is 2.36. The Hall–Kier alpha value is -3.23. The summed E-state index contributed by atoms with van der Waals surface area (Å²) in [7, 11) is 0. The molecule has 204 valence electrons. The first-order valence-electron chi connectivity index (χ1n) is 14.4. The van der Waals surface area contributed by atoms with E-state index in [4.69, 9.17) is 18.9 Å². The molecule has 0 saturated carbocycles. The molecule has 7 rings (SSSR count). The van der Waals surface area contributed by atoms with Crippen LogP contribution in [0.2, 0.25) is 0 Å². The van der Waals surface area contributed by atoms with Crippen LogP contribution >= 0.6 is 0 Å². The topological polar surface area (TPSA) is 84.6 Å². The van der Waals surface area contributed by atoms with Gasteiger partial charge in [0.25, 0.3) is 11.8 Å². The molecule has 0 bridgehead atoms. The first-order chi connectivity index (χ1) is 19.1. The average molecular weight is 530 g/mol. The van der Waals surface area contributed by atoms with Crippen molar-refractivity contribution in [2.75, 3.05) is 39.5 Å². The molecule has 3 saturated heterocycles. The van der Waals surface area contributed by atoms with Crippen molar-refractivity contribution in [3.63, 3.8) is 0 Å². The standard InChI is InChI=1S/C31H35N3O5/c35-29(27-2-1-14-38-27)33-13-9-21(19-33)20-34-28(32-31(30(34)36)11-16-37-17-12-31)23-5-3-22(4-6-23)24-7-8-26-25(18-24)10-15-39-26/h3-6,8,10,15,18,21,24,27H,1-2,7,9,11-14,16-17,19-20H2/t21-,24?,27-/m1/s1. The molecule has 1 aromatic carbocycles. The van der Waals surface area contributed by atoms with E-state index in [2.05, 4.69) is 36.4 Å². The second kappa shape index (κ2) is 10.1. The molecular weight excluding hydrogens is 494 g/mol. The van der Waals surface area contributed by atoms with Gasteiger partial charge in [0.05, 0.1) is 6.26 Å². The third-order valence-electron chi connectivity index (χ3n) is 9.04. The average Bonchev–Trinajstić information content (AvgIpc) is 3.79. The number of aliphatic imine (C=N–C) groups is 1. The maximum Gasteiger partial charge on any atom is 0.256 e. The van der Waals surface area contributed by atoms with Crippen LogP contribution in [0.25, 0.3) is 12.2 Å². The summed E-state index contributed by atoms with van der Waals surface area (Å²) in [6.45, 7) is 3.72. The smallest absolute Gasteiger partial charge is 0.256 e. The van der Waals surface area contributed by atoms with Gasteiger partial charge in [-0.3, -0.25) is 19.5 Å². The van der Waals surface area contributed by atoms with Crippen LogP contribution in [0, 0.1) is 5.92 Å². The van der Waals surface area contributed by atoms with Gasteiger partial charge in [0.15, 0.2) is 0 Å². The van der Waals surface area contributed by atoms with E-state index in [-0.39, 0.29) is 23.8 Å². The number of ether oxygens (including phenoxy) is 2. The maximum absolute atomic E-state index is 13.9. The summed E-state index contributed by atoms with van der Waals surface area (Å²) >= 11 is 0. The minimum absolute atomic E-state index is 0.0801. The Balaban J connectivity index is 1.12. The highest BCUT2D eigenvalue weighted by atomic mass is 16.5. The molecule has 1 aliphatic carbocycles. The molecule has 1 aromatic heterocycles. The lowest BCUT2D eigenvalue weighted by Crippen LogP contribution is -2.47. The summed E-state index contributed by atoms with van der Waals surface area (Å²) in [6, 6.07) is 10.5. The lowest BCUT2D eigenvalue weighted by atomic mass is 9.90. The largest absolute Gasteiger partial charge is 0.465 e. The summed E-state index contributed by atoms with van der Waals surface area (Å²) in [5.41, 5.74) is 2.41. The fraction of sp³-hybridized carbons (Fsp3) is 0.516. The molecule has 1 unspecified atom stereocenters. The summed E-state index contributed by atoms with van der Waals surface area (Å²) in [4.78, 5) is 35.8. The van der Waals surface area contributed by atoms with Gasteiger partial charge in [-0.15, -0.1) is 0 Å². The van der Waals surface area contributed by atoms with Crippen LogP contribution in [0.5, 0.6) is 0 Å². The number of nitrogens with zero attached hydrogens (tertiary/aromatic N) is 3. The van der Waals surface area contributed by atoms with Crippen molar-refractivity contribution in [3.05, 3.63) is 58.4 Å². The Morgan fingerprint density at radius 1 is 1.08 bits per heavy atom. The third-order valence-corrected chi connectivity index (χ3v) is 9.04. The summed E-state index contributed by atoms with van der Waals surface area (Å²) in [5, 5.41) is 1.14. The van der Waals surface area contributed by atoms with E-state index in [1.54, 1.807) is 6.26 Å². The lowest BCUT2D eigenvalue weighted by Gasteiger charge is -2.30. The first-order valence-corrected chi connectivity index (χ1v) is 14.4. The van der Waals surface area contributed by atoms with Crippen LogP contribution in [-0.2, 0) is 19.1 Å². The van der Waals surface area contributed by atoms with Crippen LogP contribution in [0.1, 0.15) is 55.6 Å². The Labute approximate surface area is 228 Å². The number of amidine groups is 1. The summed E-state index contributed by atoms with van der Waals surface area (Å²) < 4.78 is 16.8. The molecule has 2 amide bonds. The number of carbonyl (C=O) groups is 2. The zero-order valence-corrected chi connectivity index (χ0v) is 22.2. The van der Waals surface area contributed by atoms with Crippen LogP contribution in [0.15, 0.2) is 46.0 Å². The Morgan fingerprint density at radius 3 is 2.72 bits per heavy atom. The molecule has 4 aliphatic heterocycles. The highest BCUT2D eigenvalue weighted by molar-refractivity contribution is 6.15. The SMILES string of the molecule is O=C([C@H]1CCCO1)N1CC[C@@H](CN2C(=O)C3(CCOCC3)N=C2c2ccc(C3C=c4ccoc4=CC3)cc2)C1. The van der Waals surface area contributed by atoms with E-state index >= 15 is 0 Å². The number of rotatable bonds is 5. The number of benzene rings is 1. The fourth-order valence-corrected chi connectivity index (χ4v) is 6.76. The van der Waals surface area contributed by atoms with Gasteiger partial charge in [0.2, 0.25) is 0 Å². The molecule has 3 fully saturated rings. The number of hydrogen-bond acceptors (Lipinski definition) is 6. The Kier molecular flexibility index (Phi) is 6.40.